The van der Waals surface area contributed by atoms with Gasteiger partial charge in [0.25, 0.3) is 5.91 Å². The van der Waals surface area contributed by atoms with E-state index in [-0.39, 0.29) is 17.5 Å². The van der Waals surface area contributed by atoms with E-state index >= 15 is 0 Å². The van der Waals surface area contributed by atoms with Crippen molar-refractivity contribution in [3.63, 3.8) is 0 Å². The molecule has 0 aliphatic carbocycles. The molecule has 0 spiro atoms. The number of pyridine rings is 2. The van der Waals surface area contributed by atoms with Crippen molar-refractivity contribution >= 4 is 34.3 Å². The Hall–Kier alpha value is -4.24. The summed E-state index contributed by atoms with van der Waals surface area (Å²) in [6.45, 7) is 4.83. The van der Waals surface area contributed by atoms with E-state index in [0.717, 1.165) is 35.0 Å². The highest BCUT2D eigenvalue weighted by Crippen LogP contribution is 2.36. The van der Waals surface area contributed by atoms with Crippen molar-refractivity contribution in [1.29, 1.82) is 0 Å². The van der Waals surface area contributed by atoms with Gasteiger partial charge in [0.2, 0.25) is 5.91 Å². The third-order valence-electron chi connectivity index (χ3n) is 6.20. The third kappa shape index (κ3) is 4.40. The molecule has 0 unspecified atom stereocenters. The maximum absolute atomic E-state index is 12.2. The van der Waals surface area contributed by atoms with Crippen LogP contribution in [0.2, 0.25) is 5.02 Å². The van der Waals surface area contributed by atoms with Crippen LogP contribution in [0.4, 0.5) is 0 Å². The number of nitrogens with two attached hydrogens (primary N) is 1. The number of primary amides is 1. The predicted octanol–water partition coefficient (Wildman–Crippen LogP) is 4.39. The second-order valence-electron chi connectivity index (χ2n) is 8.46. The monoisotopic (exact) mass is 502 g/mol. The zero-order valence-electron chi connectivity index (χ0n) is 19.3. The van der Waals surface area contributed by atoms with Gasteiger partial charge in [-0.15, -0.1) is 0 Å². The van der Waals surface area contributed by atoms with E-state index in [1.165, 1.54) is 18.5 Å². The summed E-state index contributed by atoms with van der Waals surface area (Å²) < 4.78 is 7.78. The smallest absolute Gasteiger partial charge is 0.254 e. The summed E-state index contributed by atoms with van der Waals surface area (Å²) >= 11 is 6.58. The summed E-state index contributed by atoms with van der Waals surface area (Å²) in [6, 6.07) is 8.88. The molecule has 1 aliphatic heterocycles. The van der Waals surface area contributed by atoms with Crippen LogP contribution in [0, 0.1) is 0 Å². The van der Waals surface area contributed by atoms with Gasteiger partial charge in [0.05, 0.1) is 16.6 Å². The number of likely N-dealkylation sites (tertiary alicyclic amines) is 1. The van der Waals surface area contributed by atoms with Gasteiger partial charge in [-0.05, 0) is 49.2 Å². The number of hydrogen-bond donors (Lipinski definition) is 1. The highest BCUT2D eigenvalue weighted by molar-refractivity contribution is 6.35. The molecule has 182 valence electrons. The molecule has 3 aromatic heterocycles. The standard InChI is InChI=1S/C26H23ClN6O3/c1-2-23(34)32-11-3-4-17(15-32)33-25-20(13-30-14-21(25)27)24(31-33)16-5-7-18(8-6-16)36-22-9-10-29-12-19(22)26(28)35/h2,5-10,12-14,17H,1,3-4,11,15H2,(H2,28,35)/t17-/m1/s1. The molecule has 4 aromatic rings. The highest BCUT2D eigenvalue weighted by Gasteiger charge is 2.27. The van der Waals surface area contributed by atoms with Crippen LogP contribution in [-0.4, -0.2) is 49.6 Å². The third-order valence-corrected chi connectivity index (χ3v) is 6.47. The van der Waals surface area contributed by atoms with Crippen molar-refractivity contribution in [2.45, 2.75) is 18.9 Å². The van der Waals surface area contributed by atoms with Crippen molar-refractivity contribution in [1.82, 2.24) is 24.6 Å². The van der Waals surface area contributed by atoms with Crippen molar-refractivity contribution in [3.8, 4) is 22.8 Å². The Balaban J connectivity index is 1.49. The molecule has 2 amide bonds. The fourth-order valence-electron chi connectivity index (χ4n) is 4.47. The van der Waals surface area contributed by atoms with Crippen LogP contribution in [0.5, 0.6) is 11.5 Å². The van der Waals surface area contributed by atoms with E-state index in [0.29, 0.717) is 29.6 Å². The molecule has 1 aliphatic rings. The number of carbonyl (C=O) groups is 2. The molecular weight excluding hydrogens is 480 g/mol. The number of aromatic nitrogens is 4. The van der Waals surface area contributed by atoms with Gasteiger partial charge in [-0.3, -0.25) is 24.2 Å². The summed E-state index contributed by atoms with van der Waals surface area (Å²) in [5.74, 6) is 0.144. The van der Waals surface area contributed by atoms with Crippen LogP contribution >= 0.6 is 11.6 Å². The second-order valence-corrected chi connectivity index (χ2v) is 8.86. The molecule has 1 aromatic carbocycles. The van der Waals surface area contributed by atoms with Crippen LogP contribution in [0.1, 0.15) is 29.2 Å². The molecule has 9 nitrogen and oxygen atoms in total. The lowest BCUT2D eigenvalue weighted by Crippen LogP contribution is -2.40. The molecule has 5 rings (SSSR count). The lowest BCUT2D eigenvalue weighted by atomic mass is 10.1. The average Bonchev–Trinajstić information content (AvgIpc) is 3.30. The molecule has 4 heterocycles. The first kappa shape index (κ1) is 23.5. The van der Waals surface area contributed by atoms with Crippen molar-refractivity contribution in [2.75, 3.05) is 13.1 Å². The van der Waals surface area contributed by atoms with Crippen LogP contribution in [-0.2, 0) is 4.79 Å². The second kappa shape index (κ2) is 9.79. The number of fused-ring (bicyclic) bond motifs is 1. The summed E-state index contributed by atoms with van der Waals surface area (Å²) in [7, 11) is 0. The van der Waals surface area contributed by atoms with Crippen LogP contribution < -0.4 is 10.5 Å². The van der Waals surface area contributed by atoms with Crippen LogP contribution in [0.15, 0.2) is 67.8 Å². The Morgan fingerprint density at radius 1 is 1.14 bits per heavy atom. The van der Waals surface area contributed by atoms with Gasteiger partial charge in [0, 0.05) is 48.8 Å². The molecule has 36 heavy (non-hydrogen) atoms. The Kier molecular flexibility index (Phi) is 6.39. The summed E-state index contributed by atoms with van der Waals surface area (Å²) in [6.07, 6.45) is 9.32. The molecule has 1 saturated heterocycles. The highest BCUT2D eigenvalue weighted by atomic mass is 35.5. The molecule has 1 fully saturated rings. The minimum Gasteiger partial charge on any atom is -0.456 e. The lowest BCUT2D eigenvalue weighted by Gasteiger charge is -2.32. The van der Waals surface area contributed by atoms with E-state index in [2.05, 4.69) is 16.5 Å². The van der Waals surface area contributed by atoms with Gasteiger partial charge >= 0.3 is 0 Å². The van der Waals surface area contributed by atoms with Gasteiger partial charge in [-0.2, -0.15) is 5.10 Å². The number of halogens is 1. The van der Waals surface area contributed by atoms with Crippen LogP contribution in [0.25, 0.3) is 22.2 Å². The zero-order chi connectivity index (χ0) is 25.2. The Bertz CT molecular complexity index is 1470. The normalized spacial score (nSPS) is 15.6. The van der Waals surface area contributed by atoms with E-state index < -0.39 is 5.91 Å². The minimum atomic E-state index is -0.618. The fraction of sp³-hybridized carbons (Fsp3) is 0.192. The first-order valence-corrected chi connectivity index (χ1v) is 11.8. The fourth-order valence-corrected chi connectivity index (χ4v) is 4.72. The predicted molar refractivity (Wildman–Crippen MR) is 136 cm³/mol. The molecule has 1 atom stereocenters. The first-order valence-electron chi connectivity index (χ1n) is 11.4. The van der Waals surface area contributed by atoms with Crippen LogP contribution in [0.3, 0.4) is 0 Å². The van der Waals surface area contributed by atoms with Gasteiger partial charge < -0.3 is 15.4 Å². The Morgan fingerprint density at radius 3 is 2.69 bits per heavy atom. The van der Waals surface area contributed by atoms with E-state index in [4.69, 9.17) is 27.2 Å². The molecule has 0 radical (unpaired) electrons. The number of benzene rings is 1. The summed E-state index contributed by atoms with van der Waals surface area (Å²) in [4.78, 5) is 33.9. The van der Waals surface area contributed by atoms with Gasteiger partial charge in [-0.1, -0.05) is 18.2 Å². The number of piperidine rings is 1. The zero-order valence-corrected chi connectivity index (χ0v) is 20.1. The Morgan fingerprint density at radius 2 is 1.94 bits per heavy atom. The number of carbonyl (C=O) groups excluding carboxylic acids is 2. The first-order chi connectivity index (χ1) is 17.5. The summed E-state index contributed by atoms with van der Waals surface area (Å²) in [5, 5.41) is 6.24. The maximum Gasteiger partial charge on any atom is 0.254 e. The van der Waals surface area contributed by atoms with E-state index in [1.54, 1.807) is 35.5 Å². The topological polar surface area (TPSA) is 116 Å². The van der Waals surface area contributed by atoms with E-state index in [1.807, 2.05) is 16.8 Å². The molecule has 10 heteroatoms. The number of nitrogens with zero attached hydrogens (tertiary/aromatic N) is 5. The SMILES string of the molecule is C=CC(=O)N1CCC[C@@H](n2nc(-c3ccc(Oc4ccncc4C(N)=O)cc3)c3cncc(Cl)c32)C1. The van der Waals surface area contributed by atoms with Crippen molar-refractivity contribution in [3.05, 3.63) is 78.4 Å². The average molecular weight is 503 g/mol. The van der Waals surface area contributed by atoms with Crippen molar-refractivity contribution in [2.24, 2.45) is 5.73 Å². The van der Waals surface area contributed by atoms with E-state index in [9.17, 15) is 9.59 Å². The molecule has 0 saturated carbocycles. The van der Waals surface area contributed by atoms with Gasteiger partial charge in [0.1, 0.15) is 22.8 Å². The van der Waals surface area contributed by atoms with Gasteiger partial charge in [0.15, 0.2) is 0 Å². The molecule has 2 N–H and O–H groups in total. The number of rotatable bonds is 6. The quantitative estimate of drug-likeness (QED) is 0.391. The largest absolute Gasteiger partial charge is 0.456 e. The molecular formula is C26H23ClN6O3. The maximum atomic E-state index is 12.2. The summed E-state index contributed by atoms with van der Waals surface area (Å²) in [5.41, 5.74) is 7.96. The minimum absolute atomic E-state index is 0.0275. The Labute approximate surface area is 212 Å². The number of ether oxygens (including phenoxy) is 1. The number of hydrogen-bond acceptors (Lipinski definition) is 6. The number of amides is 2. The molecule has 0 bridgehead atoms. The lowest BCUT2D eigenvalue weighted by molar-refractivity contribution is -0.127. The van der Waals surface area contributed by atoms with Gasteiger partial charge in [-0.25, -0.2) is 0 Å². The van der Waals surface area contributed by atoms with Crippen molar-refractivity contribution < 1.29 is 14.3 Å².